The topological polar surface area (TPSA) is 225 Å². The maximum absolute atomic E-state index is 10.4. The number of hydrogen-bond acceptors (Lipinski definition) is 12. The Morgan fingerprint density at radius 1 is 0.652 bits per heavy atom. The molecule has 0 spiro atoms. The van der Waals surface area contributed by atoms with Crippen LogP contribution in [0.2, 0.25) is 0 Å². The van der Waals surface area contributed by atoms with Gasteiger partial charge in [0.15, 0.2) is 12.6 Å². The Bertz CT molecular complexity index is 368. The largest absolute Gasteiger partial charge is 0.634 e. The molecule has 0 saturated carbocycles. The maximum atomic E-state index is 10.4. The molecule has 8 unspecified atom stereocenters. The zero-order valence-corrected chi connectivity index (χ0v) is 11.6. The third-order valence-corrected chi connectivity index (χ3v) is 2.98. The van der Waals surface area contributed by atoms with Crippen LogP contribution in [0.15, 0.2) is 0 Å². The van der Waals surface area contributed by atoms with Crippen molar-refractivity contribution < 1.29 is 60.0 Å². The molecule has 0 aromatic rings. The Kier molecular flexibility index (Phi) is 9.56. The lowest BCUT2D eigenvalue weighted by Crippen LogP contribution is -2.58. The van der Waals surface area contributed by atoms with Gasteiger partial charge in [0.1, 0.15) is 48.8 Å². The van der Waals surface area contributed by atoms with Crippen molar-refractivity contribution in [3.8, 4) is 0 Å². The fourth-order valence-electron chi connectivity index (χ4n) is 1.66. The van der Waals surface area contributed by atoms with Crippen LogP contribution >= 0.6 is 0 Å². The molecule has 0 aromatic heterocycles. The van der Waals surface area contributed by atoms with E-state index in [0.29, 0.717) is 0 Å². The fourth-order valence-corrected chi connectivity index (χ4v) is 1.66. The van der Waals surface area contributed by atoms with Crippen LogP contribution in [0.1, 0.15) is 0 Å². The standard InChI is InChI=1S/C10H19BO12/c12-1-3(14)5(16)7(18)9(20)10(23-11(21)22)8(19)6(17)4(15)2-13/h1-10,14-22H. The van der Waals surface area contributed by atoms with Crippen LogP contribution in [0.25, 0.3) is 0 Å². The Morgan fingerprint density at radius 3 is 1.35 bits per heavy atom. The van der Waals surface area contributed by atoms with Crippen molar-refractivity contribution in [3.05, 3.63) is 0 Å². The summed E-state index contributed by atoms with van der Waals surface area (Å²) in [5.41, 5.74) is 0. The molecule has 0 radical (unpaired) electrons. The molecular weight excluding hydrogens is 323 g/mol. The van der Waals surface area contributed by atoms with E-state index in [1.807, 2.05) is 0 Å². The van der Waals surface area contributed by atoms with Crippen LogP contribution in [0.3, 0.4) is 0 Å². The van der Waals surface area contributed by atoms with Gasteiger partial charge in [0.25, 0.3) is 0 Å². The summed E-state index contributed by atoms with van der Waals surface area (Å²) in [7, 11) is -2.62. The average Bonchev–Trinajstić information content (AvgIpc) is 2.54. The molecule has 0 bridgehead atoms. The van der Waals surface area contributed by atoms with Gasteiger partial charge in [0, 0.05) is 0 Å². The van der Waals surface area contributed by atoms with Crippen molar-refractivity contribution >= 4 is 19.9 Å². The zero-order chi connectivity index (χ0) is 18.3. The van der Waals surface area contributed by atoms with Gasteiger partial charge in [-0.1, -0.05) is 0 Å². The summed E-state index contributed by atoms with van der Waals surface area (Å²) >= 11 is 0. The predicted molar refractivity (Wildman–Crippen MR) is 69.2 cm³/mol. The molecule has 0 aliphatic rings. The van der Waals surface area contributed by atoms with E-state index in [9.17, 15) is 35.1 Å². The molecule has 8 atom stereocenters. The quantitative estimate of drug-likeness (QED) is 0.126. The van der Waals surface area contributed by atoms with Crippen molar-refractivity contribution in [1.29, 1.82) is 0 Å². The molecule has 0 rings (SSSR count). The first kappa shape index (κ1) is 22.0. The molecule has 0 aliphatic carbocycles. The third-order valence-electron chi connectivity index (χ3n) is 2.98. The second-order valence-corrected chi connectivity index (χ2v) is 4.63. The van der Waals surface area contributed by atoms with Crippen LogP contribution in [-0.4, -0.2) is 115 Å². The number of carbonyl (C=O) groups is 2. The molecule has 0 aromatic carbocycles. The van der Waals surface area contributed by atoms with Crippen molar-refractivity contribution in [2.45, 2.75) is 48.8 Å². The maximum Gasteiger partial charge on any atom is 0.634 e. The first-order valence-electron chi connectivity index (χ1n) is 6.27. The highest BCUT2D eigenvalue weighted by atomic mass is 16.6. The summed E-state index contributed by atoms with van der Waals surface area (Å²) in [6, 6.07) is 0. The summed E-state index contributed by atoms with van der Waals surface area (Å²) in [5.74, 6) is 0. The van der Waals surface area contributed by atoms with Crippen molar-refractivity contribution in [1.82, 2.24) is 0 Å². The van der Waals surface area contributed by atoms with Gasteiger partial charge in [-0.3, -0.25) is 0 Å². The third kappa shape index (κ3) is 6.19. The van der Waals surface area contributed by atoms with Crippen molar-refractivity contribution in [2.75, 3.05) is 0 Å². The minimum Gasteiger partial charge on any atom is -0.402 e. The monoisotopic (exact) mass is 342 g/mol. The number of aliphatic hydroxyl groups excluding tert-OH is 7. The summed E-state index contributed by atoms with van der Waals surface area (Å²) < 4.78 is 4.26. The van der Waals surface area contributed by atoms with Gasteiger partial charge in [0.2, 0.25) is 0 Å². The van der Waals surface area contributed by atoms with Crippen molar-refractivity contribution in [2.24, 2.45) is 0 Å². The number of hydrogen-bond donors (Lipinski definition) is 9. The van der Waals surface area contributed by atoms with E-state index >= 15 is 0 Å². The van der Waals surface area contributed by atoms with E-state index in [2.05, 4.69) is 4.65 Å². The van der Waals surface area contributed by atoms with Crippen LogP contribution in [0.5, 0.6) is 0 Å². The van der Waals surface area contributed by atoms with E-state index < -0.39 is 56.2 Å². The van der Waals surface area contributed by atoms with E-state index in [0.717, 1.165) is 0 Å². The molecule has 12 nitrogen and oxygen atoms in total. The number of aldehydes is 2. The Morgan fingerprint density at radius 2 is 1.00 bits per heavy atom. The van der Waals surface area contributed by atoms with Crippen molar-refractivity contribution in [3.63, 3.8) is 0 Å². The molecule has 13 heteroatoms. The molecule has 0 amide bonds. The smallest absolute Gasteiger partial charge is 0.402 e. The highest BCUT2D eigenvalue weighted by molar-refractivity contribution is 6.32. The summed E-state index contributed by atoms with van der Waals surface area (Å²) in [6.45, 7) is 0. The van der Waals surface area contributed by atoms with E-state index in [1.165, 1.54) is 0 Å². The Hall–Kier alpha value is -0.995. The van der Waals surface area contributed by atoms with E-state index in [4.69, 9.17) is 20.3 Å². The Labute approximate surface area is 130 Å². The average molecular weight is 342 g/mol. The van der Waals surface area contributed by atoms with Gasteiger partial charge in [0.05, 0.1) is 0 Å². The van der Waals surface area contributed by atoms with Crippen LogP contribution in [0.4, 0.5) is 0 Å². The van der Waals surface area contributed by atoms with Gasteiger partial charge in [-0.25, -0.2) is 0 Å². The lowest BCUT2D eigenvalue weighted by atomic mass is 9.92. The highest BCUT2D eigenvalue weighted by Crippen LogP contribution is 2.17. The first-order chi connectivity index (χ1) is 10.6. The van der Waals surface area contributed by atoms with Crippen LogP contribution in [0, 0.1) is 0 Å². The molecule has 0 fully saturated rings. The molecular formula is C10H19BO12. The summed E-state index contributed by atoms with van der Waals surface area (Å²) in [5, 5.41) is 83.6. The molecule has 134 valence electrons. The van der Waals surface area contributed by atoms with Gasteiger partial charge in [-0.15, -0.1) is 0 Å². The van der Waals surface area contributed by atoms with Gasteiger partial charge < -0.3 is 60.0 Å². The number of carbonyl (C=O) groups excluding carboxylic acids is 2. The minimum absolute atomic E-state index is 0.168. The molecule has 9 N–H and O–H groups in total. The molecule has 0 heterocycles. The second-order valence-electron chi connectivity index (χ2n) is 4.63. The predicted octanol–water partition coefficient (Wildman–Crippen LogP) is -6.73. The van der Waals surface area contributed by atoms with E-state index in [-0.39, 0.29) is 12.6 Å². The zero-order valence-electron chi connectivity index (χ0n) is 11.6. The summed E-state index contributed by atoms with van der Waals surface area (Å²) in [4.78, 5) is 20.7. The van der Waals surface area contributed by atoms with Gasteiger partial charge in [-0.05, 0) is 0 Å². The minimum atomic E-state index is -2.62. The Balaban J connectivity index is 5.28. The van der Waals surface area contributed by atoms with E-state index in [1.54, 1.807) is 0 Å². The molecule has 0 aliphatic heterocycles. The van der Waals surface area contributed by atoms with Gasteiger partial charge in [-0.2, -0.15) is 0 Å². The summed E-state index contributed by atoms with van der Waals surface area (Å²) in [6.07, 6.45) is -18.4. The first-order valence-corrected chi connectivity index (χ1v) is 6.27. The normalized spacial score (nSPS) is 22.1. The fraction of sp³-hybridized carbons (Fsp3) is 0.800. The van der Waals surface area contributed by atoms with Crippen LogP contribution < -0.4 is 0 Å². The lowest BCUT2D eigenvalue weighted by molar-refractivity contribution is -0.176. The second kappa shape index (κ2) is 9.99. The van der Waals surface area contributed by atoms with Gasteiger partial charge >= 0.3 is 7.32 Å². The number of rotatable bonds is 11. The lowest BCUT2D eigenvalue weighted by Gasteiger charge is -2.35. The number of aliphatic hydroxyl groups is 7. The van der Waals surface area contributed by atoms with Crippen LogP contribution in [-0.2, 0) is 14.2 Å². The SMILES string of the molecule is O=CC(O)C(O)C(O)C(O)C(OB(O)O)C(O)C(O)C(O)C=O. The molecule has 23 heavy (non-hydrogen) atoms. The highest BCUT2D eigenvalue weighted by Gasteiger charge is 2.43. The molecule has 0 saturated heterocycles.